The van der Waals surface area contributed by atoms with E-state index in [1.54, 1.807) is 0 Å². The molecule has 0 saturated heterocycles. The van der Waals surface area contributed by atoms with Crippen LogP contribution in [0.4, 0.5) is 0 Å². The SMILES string of the molecule is CC(C)(C)c1cnc(-c2nn(-c3ccc(Br)cc3)c3c2C2CCC3C2)o1. The van der Waals surface area contributed by atoms with Gasteiger partial charge in [-0.05, 0) is 49.4 Å². The topological polar surface area (TPSA) is 43.9 Å². The van der Waals surface area contributed by atoms with Gasteiger partial charge in [-0.3, -0.25) is 0 Å². The van der Waals surface area contributed by atoms with Gasteiger partial charge in [0.05, 0.1) is 17.6 Å². The van der Waals surface area contributed by atoms with E-state index in [0.29, 0.717) is 17.7 Å². The Kier molecular flexibility index (Phi) is 3.48. The van der Waals surface area contributed by atoms with Crippen LogP contribution in [0, 0.1) is 0 Å². The average Bonchev–Trinajstić information content (AvgIpc) is 3.35. The number of oxazole rings is 1. The van der Waals surface area contributed by atoms with E-state index < -0.39 is 0 Å². The molecule has 2 aromatic heterocycles. The van der Waals surface area contributed by atoms with Crippen molar-refractivity contribution in [3.8, 4) is 17.3 Å². The van der Waals surface area contributed by atoms with Gasteiger partial charge in [-0.15, -0.1) is 0 Å². The lowest BCUT2D eigenvalue weighted by molar-refractivity contribution is 0.414. The summed E-state index contributed by atoms with van der Waals surface area (Å²) in [4.78, 5) is 4.59. The number of hydrogen-bond acceptors (Lipinski definition) is 3. The molecule has 2 bridgehead atoms. The molecule has 0 spiro atoms. The predicted molar refractivity (Wildman–Crippen MR) is 105 cm³/mol. The highest BCUT2D eigenvalue weighted by Gasteiger charge is 2.44. The van der Waals surface area contributed by atoms with Crippen LogP contribution in [0.1, 0.15) is 68.9 Å². The average molecular weight is 412 g/mol. The highest BCUT2D eigenvalue weighted by atomic mass is 79.9. The first-order chi connectivity index (χ1) is 12.4. The number of aromatic nitrogens is 3. The number of hydrogen-bond donors (Lipinski definition) is 0. The molecule has 134 valence electrons. The Hall–Kier alpha value is -1.88. The molecular weight excluding hydrogens is 390 g/mol. The van der Waals surface area contributed by atoms with Gasteiger partial charge in [0.25, 0.3) is 0 Å². The van der Waals surface area contributed by atoms with Crippen LogP contribution in [0.3, 0.4) is 0 Å². The van der Waals surface area contributed by atoms with E-state index in [4.69, 9.17) is 9.52 Å². The molecule has 5 heteroatoms. The third kappa shape index (κ3) is 2.40. The van der Waals surface area contributed by atoms with Crippen molar-refractivity contribution in [1.82, 2.24) is 14.8 Å². The van der Waals surface area contributed by atoms with Gasteiger partial charge in [-0.1, -0.05) is 36.7 Å². The van der Waals surface area contributed by atoms with Crippen molar-refractivity contribution in [3.63, 3.8) is 0 Å². The summed E-state index contributed by atoms with van der Waals surface area (Å²) in [7, 11) is 0. The Bertz CT molecular complexity index is 978. The Labute approximate surface area is 161 Å². The molecule has 0 radical (unpaired) electrons. The molecule has 1 fully saturated rings. The molecular formula is C21H22BrN3O. The van der Waals surface area contributed by atoms with Crippen LogP contribution in [-0.4, -0.2) is 14.8 Å². The van der Waals surface area contributed by atoms with Crippen LogP contribution in [0.15, 0.2) is 39.4 Å². The van der Waals surface area contributed by atoms with E-state index in [2.05, 4.69) is 70.6 Å². The minimum absolute atomic E-state index is 0.0539. The van der Waals surface area contributed by atoms with Crippen molar-refractivity contribution < 1.29 is 4.42 Å². The Balaban J connectivity index is 1.68. The van der Waals surface area contributed by atoms with Crippen molar-refractivity contribution in [2.75, 3.05) is 0 Å². The lowest BCUT2D eigenvalue weighted by atomic mass is 9.94. The van der Waals surface area contributed by atoms with Crippen molar-refractivity contribution in [2.45, 2.75) is 57.3 Å². The van der Waals surface area contributed by atoms with Gasteiger partial charge in [0.2, 0.25) is 5.89 Å². The largest absolute Gasteiger partial charge is 0.439 e. The maximum atomic E-state index is 6.14. The molecule has 26 heavy (non-hydrogen) atoms. The van der Waals surface area contributed by atoms with E-state index in [1.165, 1.54) is 30.5 Å². The molecule has 2 unspecified atom stereocenters. The van der Waals surface area contributed by atoms with Crippen molar-refractivity contribution in [2.24, 2.45) is 0 Å². The van der Waals surface area contributed by atoms with Crippen LogP contribution in [-0.2, 0) is 5.41 Å². The van der Waals surface area contributed by atoms with Crippen molar-refractivity contribution in [1.29, 1.82) is 0 Å². The molecule has 0 aliphatic heterocycles. The molecule has 0 amide bonds. The van der Waals surface area contributed by atoms with Gasteiger partial charge in [0.15, 0.2) is 5.69 Å². The second-order valence-electron chi connectivity index (χ2n) is 8.52. The van der Waals surface area contributed by atoms with E-state index >= 15 is 0 Å². The van der Waals surface area contributed by atoms with Crippen LogP contribution in [0.2, 0.25) is 0 Å². The summed E-state index contributed by atoms with van der Waals surface area (Å²) in [5.74, 6) is 2.77. The van der Waals surface area contributed by atoms with Crippen LogP contribution in [0.25, 0.3) is 17.3 Å². The lowest BCUT2D eigenvalue weighted by Gasteiger charge is -2.14. The van der Waals surface area contributed by atoms with Gasteiger partial charge < -0.3 is 4.42 Å². The number of fused-ring (bicyclic) bond motifs is 5. The van der Waals surface area contributed by atoms with E-state index in [-0.39, 0.29) is 5.41 Å². The van der Waals surface area contributed by atoms with Gasteiger partial charge in [-0.2, -0.15) is 5.10 Å². The van der Waals surface area contributed by atoms with E-state index in [1.807, 2.05) is 6.20 Å². The van der Waals surface area contributed by atoms with Gasteiger partial charge in [-0.25, -0.2) is 9.67 Å². The molecule has 3 aromatic rings. The third-order valence-electron chi connectivity index (χ3n) is 5.71. The quantitative estimate of drug-likeness (QED) is 0.522. The highest BCUT2D eigenvalue weighted by molar-refractivity contribution is 9.10. The normalized spacial score (nSPS) is 21.4. The molecule has 1 aromatic carbocycles. The Morgan fingerprint density at radius 3 is 2.54 bits per heavy atom. The zero-order valence-electron chi connectivity index (χ0n) is 15.3. The highest BCUT2D eigenvalue weighted by Crippen LogP contribution is 2.56. The zero-order valence-corrected chi connectivity index (χ0v) is 16.9. The fourth-order valence-electron chi connectivity index (χ4n) is 4.40. The van der Waals surface area contributed by atoms with Crippen LogP contribution in [0.5, 0.6) is 0 Å². The first kappa shape index (κ1) is 16.3. The van der Waals surface area contributed by atoms with Crippen molar-refractivity contribution in [3.05, 3.63) is 52.0 Å². The minimum Gasteiger partial charge on any atom is -0.439 e. The summed E-state index contributed by atoms with van der Waals surface area (Å²) in [5, 5.41) is 4.98. The summed E-state index contributed by atoms with van der Waals surface area (Å²) in [6.45, 7) is 6.43. The molecule has 0 N–H and O–H groups in total. The Morgan fingerprint density at radius 2 is 1.85 bits per heavy atom. The maximum Gasteiger partial charge on any atom is 0.247 e. The predicted octanol–water partition coefficient (Wildman–Crippen LogP) is 5.95. The molecule has 2 aliphatic carbocycles. The van der Waals surface area contributed by atoms with Crippen LogP contribution < -0.4 is 0 Å². The monoisotopic (exact) mass is 411 g/mol. The molecule has 5 rings (SSSR count). The number of halogens is 1. The summed E-state index contributed by atoms with van der Waals surface area (Å²) in [6.07, 6.45) is 5.61. The van der Waals surface area contributed by atoms with Gasteiger partial charge in [0, 0.05) is 21.4 Å². The zero-order chi connectivity index (χ0) is 18.1. The summed E-state index contributed by atoms with van der Waals surface area (Å²) < 4.78 is 9.35. The molecule has 2 atom stereocenters. The third-order valence-corrected chi connectivity index (χ3v) is 6.23. The smallest absolute Gasteiger partial charge is 0.247 e. The number of benzene rings is 1. The first-order valence-corrected chi connectivity index (χ1v) is 10.1. The molecule has 1 saturated carbocycles. The number of rotatable bonds is 2. The second kappa shape index (κ2) is 5.56. The minimum atomic E-state index is -0.0539. The van der Waals surface area contributed by atoms with Gasteiger partial charge in [0.1, 0.15) is 5.76 Å². The molecule has 2 aliphatic rings. The number of nitrogens with zero attached hydrogens (tertiary/aromatic N) is 3. The van der Waals surface area contributed by atoms with E-state index in [9.17, 15) is 0 Å². The lowest BCUT2D eigenvalue weighted by Crippen LogP contribution is -2.09. The standard InChI is InChI=1S/C21H22BrN3O/c1-21(2,3)16-11-23-20(26-16)18-17-12-4-5-13(10-12)19(17)25(24-18)15-8-6-14(22)7-9-15/h6-9,11-13H,4-5,10H2,1-3H3. The second-order valence-corrected chi connectivity index (χ2v) is 9.44. The van der Waals surface area contributed by atoms with Gasteiger partial charge >= 0.3 is 0 Å². The van der Waals surface area contributed by atoms with Crippen LogP contribution >= 0.6 is 15.9 Å². The summed E-state index contributed by atoms with van der Waals surface area (Å²) in [5.41, 5.74) is 4.72. The summed E-state index contributed by atoms with van der Waals surface area (Å²) in [6, 6.07) is 8.37. The fraction of sp³-hybridized carbons (Fsp3) is 0.429. The van der Waals surface area contributed by atoms with Crippen molar-refractivity contribution >= 4 is 15.9 Å². The first-order valence-electron chi connectivity index (χ1n) is 9.27. The fourth-order valence-corrected chi connectivity index (χ4v) is 4.66. The Morgan fingerprint density at radius 1 is 1.12 bits per heavy atom. The molecule has 2 heterocycles. The van der Waals surface area contributed by atoms with E-state index in [0.717, 1.165) is 21.6 Å². The maximum absolute atomic E-state index is 6.14. The summed E-state index contributed by atoms with van der Waals surface area (Å²) >= 11 is 3.52. The molecule has 4 nitrogen and oxygen atoms in total.